The molecule has 3 unspecified atom stereocenters. The quantitative estimate of drug-likeness (QED) is 0.462. The number of rotatable bonds is 10. The van der Waals surface area contributed by atoms with Crippen molar-refractivity contribution in [2.24, 2.45) is 11.8 Å². The summed E-state index contributed by atoms with van der Waals surface area (Å²) in [7, 11) is -1.66. The molecule has 0 N–H and O–H groups in total. The number of hydrogen-bond donors (Lipinski definition) is 0. The van der Waals surface area contributed by atoms with Crippen LogP contribution < -0.4 is 5.30 Å². The molecule has 0 heterocycles. The SMILES string of the molecule is CCCC(CC)CCC(C)C[PH+](CF)c1cc(F)ccc1F. The van der Waals surface area contributed by atoms with Crippen LogP contribution in [-0.4, -0.2) is 12.6 Å². The maximum Gasteiger partial charge on any atom is 0.198 e. The minimum absolute atomic E-state index is 0.278. The van der Waals surface area contributed by atoms with Gasteiger partial charge in [0.05, 0.1) is 14.1 Å². The van der Waals surface area contributed by atoms with E-state index in [-0.39, 0.29) is 5.30 Å². The van der Waals surface area contributed by atoms with Crippen molar-refractivity contribution >= 4 is 13.2 Å². The van der Waals surface area contributed by atoms with Crippen molar-refractivity contribution in [3.05, 3.63) is 29.8 Å². The third-order valence-electron chi connectivity index (χ3n) is 4.41. The molecule has 0 saturated carbocycles. The van der Waals surface area contributed by atoms with E-state index in [0.29, 0.717) is 12.1 Å². The van der Waals surface area contributed by atoms with E-state index < -0.39 is 26.0 Å². The van der Waals surface area contributed by atoms with Crippen LogP contribution in [0.2, 0.25) is 0 Å². The smallest absolute Gasteiger partial charge is 0.198 e. The molecule has 4 heteroatoms. The molecule has 0 spiro atoms. The van der Waals surface area contributed by atoms with Gasteiger partial charge >= 0.3 is 0 Å². The van der Waals surface area contributed by atoms with Gasteiger partial charge in [-0.15, -0.1) is 0 Å². The van der Waals surface area contributed by atoms with Gasteiger partial charge in [-0.1, -0.05) is 46.5 Å². The van der Waals surface area contributed by atoms with Gasteiger partial charge < -0.3 is 0 Å². The van der Waals surface area contributed by atoms with E-state index >= 15 is 0 Å². The first-order valence-corrected chi connectivity index (χ1v) is 10.3. The molecule has 0 amide bonds. The van der Waals surface area contributed by atoms with Crippen LogP contribution in [0.25, 0.3) is 0 Å². The third-order valence-corrected chi connectivity index (χ3v) is 7.06. The molecular weight excluding hydrogens is 304 g/mol. The lowest BCUT2D eigenvalue weighted by molar-refractivity contribution is 0.389. The van der Waals surface area contributed by atoms with Crippen molar-refractivity contribution in [2.45, 2.75) is 52.9 Å². The van der Waals surface area contributed by atoms with Crippen LogP contribution in [0.5, 0.6) is 0 Å². The van der Waals surface area contributed by atoms with E-state index in [2.05, 4.69) is 20.8 Å². The molecule has 0 bridgehead atoms. The maximum absolute atomic E-state index is 13.8. The summed E-state index contributed by atoms with van der Waals surface area (Å²) in [6, 6.07) is 3.39. The molecular formula is C18H29F3P+. The van der Waals surface area contributed by atoms with Gasteiger partial charge in [-0.25, -0.2) is 13.2 Å². The van der Waals surface area contributed by atoms with Crippen molar-refractivity contribution in [1.82, 2.24) is 0 Å². The van der Waals surface area contributed by atoms with E-state index in [1.807, 2.05) is 0 Å². The van der Waals surface area contributed by atoms with Gasteiger partial charge in [0.1, 0.15) is 11.1 Å². The molecule has 0 saturated heterocycles. The van der Waals surface area contributed by atoms with E-state index in [1.165, 1.54) is 25.3 Å². The number of alkyl halides is 1. The fourth-order valence-corrected chi connectivity index (χ4v) is 5.29. The highest BCUT2D eigenvalue weighted by Gasteiger charge is 2.26. The predicted molar refractivity (Wildman–Crippen MR) is 92.2 cm³/mol. The van der Waals surface area contributed by atoms with Crippen molar-refractivity contribution in [1.29, 1.82) is 0 Å². The predicted octanol–water partition coefficient (Wildman–Crippen LogP) is 5.97. The average Bonchev–Trinajstić information content (AvgIpc) is 2.51. The van der Waals surface area contributed by atoms with Gasteiger partial charge in [0, 0.05) is 6.07 Å². The number of benzene rings is 1. The first-order valence-electron chi connectivity index (χ1n) is 8.37. The van der Waals surface area contributed by atoms with E-state index in [4.69, 9.17) is 0 Å². The highest BCUT2D eigenvalue weighted by Crippen LogP contribution is 2.39. The van der Waals surface area contributed by atoms with Gasteiger partial charge in [-0.05, 0) is 30.4 Å². The lowest BCUT2D eigenvalue weighted by atomic mass is 9.92. The van der Waals surface area contributed by atoms with E-state index in [9.17, 15) is 13.2 Å². The molecule has 22 heavy (non-hydrogen) atoms. The summed E-state index contributed by atoms with van der Waals surface area (Å²) in [5, 5.41) is 0.278. The maximum atomic E-state index is 13.8. The molecule has 3 atom stereocenters. The second-order valence-corrected chi connectivity index (χ2v) is 8.73. The zero-order chi connectivity index (χ0) is 16.5. The summed E-state index contributed by atoms with van der Waals surface area (Å²) in [4.78, 5) is 0. The summed E-state index contributed by atoms with van der Waals surface area (Å²) in [6.07, 6.45) is 5.94. The van der Waals surface area contributed by atoms with Crippen LogP contribution in [0, 0.1) is 23.5 Å². The number of halogens is 3. The minimum Gasteiger partial charge on any atom is -0.207 e. The molecule has 0 aromatic heterocycles. The Morgan fingerprint density at radius 2 is 1.82 bits per heavy atom. The Labute approximate surface area is 134 Å². The molecule has 126 valence electrons. The summed E-state index contributed by atoms with van der Waals surface area (Å²) in [5.74, 6) is 0.157. The first kappa shape index (κ1) is 19.5. The summed E-state index contributed by atoms with van der Waals surface area (Å²) in [5.41, 5.74) is 0. The second-order valence-electron chi connectivity index (χ2n) is 6.31. The van der Waals surface area contributed by atoms with E-state index in [0.717, 1.165) is 30.9 Å². The van der Waals surface area contributed by atoms with Gasteiger partial charge in [0.25, 0.3) is 0 Å². The minimum atomic E-state index is -1.66. The molecule has 0 aliphatic rings. The van der Waals surface area contributed by atoms with Crippen molar-refractivity contribution in [3.63, 3.8) is 0 Å². The van der Waals surface area contributed by atoms with Crippen LogP contribution >= 0.6 is 7.92 Å². The average molecular weight is 333 g/mol. The zero-order valence-corrected chi connectivity index (χ0v) is 15.0. The van der Waals surface area contributed by atoms with Gasteiger partial charge in [-0.3, -0.25) is 0 Å². The Kier molecular flexibility index (Phi) is 9.09. The Morgan fingerprint density at radius 1 is 1.09 bits per heavy atom. The summed E-state index contributed by atoms with van der Waals surface area (Å²) < 4.78 is 40.5. The molecule has 1 rings (SSSR count). The topological polar surface area (TPSA) is 0 Å². The van der Waals surface area contributed by atoms with Crippen LogP contribution in [0.4, 0.5) is 13.2 Å². The monoisotopic (exact) mass is 333 g/mol. The van der Waals surface area contributed by atoms with Gasteiger partial charge in [0.15, 0.2) is 12.2 Å². The molecule has 0 radical (unpaired) electrons. The summed E-state index contributed by atoms with van der Waals surface area (Å²) in [6.45, 7) is 6.52. The van der Waals surface area contributed by atoms with Gasteiger partial charge in [0.2, 0.25) is 0 Å². The lowest BCUT2D eigenvalue weighted by Gasteiger charge is -2.18. The Hall–Kier alpha value is -0.560. The van der Waals surface area contributed by atoms with Crippen molar-refractivity contribution < 1.29 is 13.2 Å². The zero-order valence-electron chi connectivity index (χ0n) is 14.0. The van der Waals surface area contributed by atoms with Crippen LogP contribution in [-0.2, 0) is 0 Å². The molecule has 0 nitrogen and oxygen atoms in total. The number of hydrogen-bond acceptors (Lipinski definition) is 0. The Bertz CT molecular complexity index is 436. The highest BCUT2D eigenvalue weighted by molar-refractivity contribution is 7.65. The molecule has 0 aliphatic heterocycles. The van der Waals surface area contributed by atoms with Crippen molar-refractivity contribution in [2.75, 3.05) is 12.6 Å². The molecule has 1 aromatic rings. The largest absolute Gasteiger partial charge is 0.207 e. The third kappa shape index (κ3) is 6.28. The summed E-state index contributed by atoms with van der Waals surface area (Å²) >= 11 is 0. The fraction of sp³-hybridized carbons (Fsp3) is 0.667. The van der Waals surface area contributed by atoms with Crippen LogP contribution in [0.1, 0.15) is 52.9 Å². The molecule has 1 aromatic carbocycles. The molecule has 0 aliphatic carbocycles. The second kappa shape index (κ2) is 10.3. The highest BCUT2D eigenvalue weighted by atomic mass is 31.1. The standard InChI is InChI=1S/C18H28F3P/c1-4-6-15(5-2)8-7-14(3)12-22(13-19)18-11-16(20)9-10-17(18)21/h9-11,14-15H,4-8,12-13H2,1-3H3/p+1. The molecule has 0 fully saturated rings. The van der Waals surface area contributed by atoms with Gasteiger partial charge in [-0.2, -0.15) is 0 Å². The normalized spacial score (nSPS) is 15.5. The Balaban J connectivity index is 2.60. The van der Waals surface area contributed by atoms with Crippen LogP contribution in [0.15, 0.2) is 18.2 Å². The van der Waals surface area contributed by atoms with E-state index in [1.54, 1.807) is 0 Å². The van der Waals surface area contributed by atoms with Crippen molar-refractivity contribution in [3.8, 4) is 0 Å². The lowest BCUT2D eigenvalue weighted by Crippen LogP contribution is -2.15. The Morgan fingerprint density at radius 3 is 2.41 bits per heavy atom. The fourth-order valence-electron chi connectivity index (χ4n) is 3.01. The van der Waals surface area contributed by atoms with Crippen LogP contribution in [0.3, 0.4) is 0 Å². The first-order chi connectivity index (χ1) is 10.5.